The summed E-state index contributed by atoms with van der Waals surface area (Å²) in [6.07, 6.45) is 1.98. The minimum atomic E-state index is -0.826. The number of hydrogen-bond donors (Lipinski definition) is 1. The van der Waals surface area contributed by atoms with Gasteiger partial charge in [-0.1, -0.05) is 54.1 Å². The number of nitrogens with one attached hydrogen (secondary N) is 1. The van der Waals surface area contributed by atoms with E-state index in [2.05, 4.69) is 5.32 Å². The highest BCUT2D eigenvalue weighted by Gasteiger charge is 2.37. The lowest BCUT2D eigenvalue weighted by atomic mass is 10.0. The lowest BCUT2D eigenvalue weighted by Crippen LogP contribution is -2.54. The summed E-state index contributed by atoms with van der Waals surface area (Å²) in [6.45, 7) is 1.69. The fourth-order valence-corrected chi connectivity index (χ4v) is 3.67. The quantitative estimate of drug-likeness (QED) is 0.449. The summed E-state index contributed by atoms with van der Waals surface area (Å²) in [5.41, 5.74) is 3.09. The van der Waals surface area contributed by atoms with Crippen LogP contribution in [0, 0.1) is 12.7 Å². The normalized spacial score (nSPS) is 15.3. The first-order valence-corrected chi connectivity index (χ1v) is 10.2. The van der Waals surface area contributed by atoms with Crippen LogP contribution in [-0.4, -0.2) is 17.8 Å². The number of nitrogens with zero attached hydrogens (tertiary/aromatic N) is 1. The molecule has 1 aliphatic heterocycles. The van der Waals surface area contributed by atoms with Crippen molar-refractivity contribution < 1.29 is 18.8 Å². The first-order chi connectivity index (χ1) is 15.3. The van der Waals surface area contributed by atoms with Crippen molar-refractivity contribution in [2.45, 2.75) is 13.3 Å². The second kappa shape index (κ2) is 8.77. The smallest absolute Gasteiger partial charge is 0.273 e. The number of barbiturate groups is 1. The SMILES string of the molecule is Cc1c(Cl)cccc1N1C(=O)NC(=O)/C(=C\c2ccc(Cc3cccc(F)c3)cc2)C1=O. The van der Waals surface area contributed by atoms with Crippen LogP contribution < -0.4 is 10.2 Å². The van der Waals surface area contributed by atoms with Gasteiger partial charge in [0.25, 0.3) is 11.8 Å². The van der Waals surface area contributed by atoms with Gasteiger partial charge in [-0.05, 0) is 65.9 Å². The highest BCUT2D eigenvalue weighted by molar-refractivity contribution is 6.39. The average molecular weight is 449 g/mol. The molecule has 0 bridgehead atoms. The van der Waals surface area contributed by atoms with Gasteiger partial charge in [-0.3, -0.25) is 14.9 Å². The van der Waals surface area contributed by atoms with Gasteiger partial charge < -0.3 is 0 Å². The van der Waals surface area contributed by atoms with Crippen molar-refractivity contribution in [3.63, 3.8) is 0 Å². The van der Waals surface area contributed by atoms with Gasteiger partial charge in [0.15, 0.2) is 0 Å². The average Bonchev–Trinajstić information content (AvgIpc) is 2.75. The Hall–Kier alpha value is -3.77. The van der Waals surface area contributed by atoms with Crippen molar-refractivity contribution in [3.05, 3.63) is 105 Å². The van der Waals surface area contributed by atoms with Gasteiger partial charge in [-0.15, -0.1) is 0 Å². The second-order valence-corrected chi connectivity index (χ2v) is 7.80. The van der Waals surface area contributed by atoms with Crippen molar-refractivity contribution in [1.82, 2.24) is 5.32 Å². The molecule has 4 amide bonds. The van der Waals surface area contributed by atoms with Gasteiger partial charge >= 0.3 is 6.03 Å². The van der Waals surface area contributed by atoms with Crippen molar-refractivity contribution in [3.8, 4) is 0 Å². The molecule has 7 heteroatoms. The van der Waals surface area contributed by atoms with Gasteiger partial charge in [0.05, 0.1) is 5.69 Å². The maximum absolute atomic E-state index is 13.4. The molecule has 0 radical (unpaired) electrons. The Kier molecular flexibility index (Phi) is 5.88. The Balaban J connectivity index is 1.61. The molecule has 0 atom stereocenters. The molecule has 4 rings (SSSR count). The molecule has 0 aliphatic carbocycles. The number of imide groups is 2. The maximum atomic E-state index is 13.4. The molecule has 0 saturated carbocycles. The summed E-state index contributed by atoms with van der Waals surface area (Å²) in [4.78, 5) is 38.7. The molecule has 1 fully saturated rings. The Morgan fingerprint density at radius 1 is 0.969 bits per heavy atom. The summed E-state index contributed by atoms with van der Waals surface area (Å²) >= 11 is 6.13. The van der Waals surface area contributed by atoms with Gasteiger partial charge in [0, 0.05) is 5.02 Å². The number of halogens is 2. The minimum Gasteiger partial charge on any atom is -0.273 e. The standard InChI is InChI=1S/C25H18ClFN2O3/c1-15-21(26)6-3-7-22(15)29-24(31)20(23(30)28-25(29)32)14-17-10-8-16(9-11-17)12-18-4-2-5-19(27)13-18/h2-11,13-14H,12H2,1H3,(H,28,30,32)/b20-14+. The summed E-state index contributed by atoms with van der Waals surface area (Å²) in [5, 5.41) is 2.61. The van der Waals surface area contributed by atoms with E-state index in [4.69, 9.17) is 11.6 Å². The summed E-state index contributed by atoms with van der Waals surface area (Å²) < 4.78 is 13.4. The number of benzene rings is 3. The van der Waals surface area contributed by atoms with Crippen molar-refractivity contribution in [2.75, 3.05) is 4.90 Å². The van der Waals surface area contributed by atoms with E-state index in [1.165, 1.54) is 18.2 Å². The third-order valence-corrected chi connectivity index (χ3v) is 5.58. The Bertz CT molecular complexity index is 1270. The zero-order chi connectivity index (χ0) is 22.8. The van der Waals surface area contributed by atoms with Gasteiger partial charge in [-0.25, -0.2) is 14.1 Å². The van der Waals surface area contributed by atoms with Crippen LogP contribution in [0.25, 0.3) is 6.08 Å². The van der Waals surface area contributed by atoms with Crippen molar-refractivity contribution in [1.29, 1.82) is 0 Å². The van der Waals surface area contributed by atoms with Crippen LogP contribution in [0.4, 0.5) is 14.9 Å². The fraction of sp³-hybridized carbons (Fsp3) is 0.0800. The van der Waals surface area contributed by atoms with Crippen LogP contribution in [0.3, 0.4) is 0 Å². The molecule has 0 spiro atoms. The second-order valence-electron chi connectivity index (χ2n) is 7.39. The molecule has 160 valence electrons. The van der Waals surface area contributed by atoms with E-state index in [-0.39, 0.29) is 11.4 Å². The number of hydrogen-bond acceptors (Lipinski definition) is 3. The van der Waals surface area contributed by atoms with Crippen LogP contribution >= 0.6 is 11.6 Å². The van der Waals surface area contributed by atoms with E-state index in [9.17, 15) is 18.8 Å². The van der Waals surface area contributed by atoms with Crippen LogP contribution in [0.2, 0.25) is 5.02 Å². The van der Waals surface area contributed by atoms with E-state index >= 15 is 0 Å². The molecule has 1 saturated heterocycles. The molecule has 3 aromatic rings. The number of amides is 4. The Labute approximate surface area is 189 Å². The van der Waals surface area contributed by atoms with E-state index in [0.717, 1.165) is 16.0 Å². The molecule has 1 aliphatic rings. The number of urea groups is 1. The largest absolute Gasteiger partial charge is 0.335 e. The molecule has 0 aromatic heterocycles. The van der Waals surface area contributed by atoms with Crippen LogP contribution in [0.1, 0.15) is 22.3 Å². The van der Waals surface area contributed by atoms with E-state index < -0.39 is 17.8 Å². The van der Waals surface area contributed by atoms with Crippen LogP contribution in [0.5, 0.6) is 0 Å². The highest BCUT2D eigenvalue weighted by Crippen LogP contribution is 2.29. The number of carbonyl (C=O) groups is 3. The highest BCUT2D eigenvalue weighted by atomic mass is 35.5. The van der Waals surface area contributed by atoms with Crippen molar-refractivity contribution in [2.24, 2.45) is 0 Å². The van der Waals surface area contributed by atoms with E-state index in [1.54, 1.807) is 43.3 Å². The monoisotopic (exact) mass is 448 g/mol. The molecule has 1 N–H and O–H groups in total. The topological polar surface area (TPSA) is 66.5 Å². The van der Waals surface area contributed by atoms with E-state index in [0.29, 0.717) is 28.3 Å². The molecular weight excluding hydrogens is 431 g/mol. The molecule has 32 heavy (non-hydrogen) atoms. The predicted octanol–water partition coefficient (Wildman–Crippen LogP) is 5.04. The zero-order valence-electron chi connectivity index (χ0n) is 17.1. The molecular formula is C25H18ClFN2O3. The number of carbonyl (C=O) groups excluding carboxylic acids is 3. The predicted molar refractivity (Wildman–Crippen MR) is 121 cm³/mol. The molecule has 0 unspecified atom stereocenters. The Morgan fingerprint density at radius 3 is 2.41 bits per heavy atom. The molecule has 5 nitrogen and oxygen atoms in total. The maximum Gasteiger partial charge on any atom is 0.335 e. The first kappa shape index (κ1) is 21.5. The lowest BCUT2D eigenvalue weighted by Gasteiger charge is -2.27. The molecule has 3 aromatic carbocycles. The van der Waals surface area contributed by atoms with Gasteiger partial charge in [0.1, 0.15) is 11.4 Å². The molecule has 1 heterocycles. The number of anilines is 1. The van der Waals surface area contributed by atoms with Crippen LogP contribution in [-0.2, 0) is 16.0 Å². The van der Waals surface area contributed by atoms with Crippen LogP contribution in [0.15, 0.2) is 72.3 Å². The van der Waals surface area contributed by atoms with Crippen molar-refractivity contribution >= 4 is 41.2 Å². The van der Waals surface area contributed by atoms with Gasteiger partial charge in [-0.2, -0.15) is 0 Å². The summed E-state index contributed by atoms with van der Waals surface area (Å²) in [7, 11) is 0. The fourth-order valence-electron chi connectivity index (χ4n) is 3.50. The summed E-state index contributed by atoms with van der Waals surface area (Å²) in [5.74, 6) is -1.78. The summed E-state index contributed by atoms with van der Waals surface area (Å²) in [6, 6.07) is 17.6. The third-order valence-electron chi connectivity index (χ3n) is 5.17. The number of rotatable bonds is 4. The van der Waals surface area contributed by atoms with Gasteiger partial charge in [0.2, 0.25) is 0 Å². The zero-order valence-corrected chi connectivity index (χ0v) is 17.8. The minimum absolute atomic E-state index is 0.165. The third kappa shape index (κ3) is 4.31. The first-order valence-electron chi connectivity index (χ1n) is 9.83. The van der Waals surface area contributed by atoms with E-state index in [1.807, 2.05) is 18.2 Å². The Morgan fingerprint density at radius 2 is 1.69 bits per heavy atom. The lowest BCUT2D eigenvalue weighted by molar-refractivity contribution is -0.122.